The van der Waals surface area contributed by atoms with Gasteiger partial charge in [-0.1, -0.05) is 61.5 Å². The number of anilines is 1. The minimum absolute atomic E-state index is 0.233. The lowest BCUT2D eigenvalue weighted by atomic mass is 9.99. The van der Waals surface area contributed by atoms with E-state index in [9.17, 15) is 9.59 Å². The molecule has 0 aliphatic carbocycles. The topological polar surface area (TPSA) is 49.4 Å². The molecule has 1 N–H and O–H groups in total. The van der Waals surface area contributed by atoms with Crippen LogP contribution in [0.2, 0.25) is 0 Å². The second kappa shape index (κ2) is 7.55. The number of fused-ring (bicyclic) bond motifs is 1. The zero-order chi connectivity index (χ0) is 20.5. The van der Waals surface area contributed by atoms with Gasteiger partial charge in [0.1, 0.15) is 5.70 Å². The third-order valence-electron chi connectivity index (χ3n) is 5.46. The summed E-state index contributed by atoms with van der Waals surface area (Å²) in [5, 5.41) is 5.39. The van der Waals surface area contributed by atoms with Crippen LogP contribution in [0, 0.1) is 13.8 Å². The first-order valence-electron chi connectivity index (χ1n) is 9.94. The van der Waals surface area contributed by atoms with E-state index in [1.165, 1.54) is 4.90 Å². The number of nitrogens with zero attached hydrogens (tertiary/aromatic N) is 1. The Morgan fingerprint density at radius 3 is 2.38 bits per heavy atom. The first-order valence-corrected chi connectivity index (χ1v) is 9.94. The first kappa shape index (κ1) is 18.9. The Morgan fingerprint density at radius 1 is 0.862 bits per heavy atom. The standard InChI is InChI=1S/C25H24N2O2/c1-4-14-27-24(28)22(19-13-12-16(2)17(3)15-19)23(25(27)29)26-21-11-7-9-18-8-5-6-10-20(18)21/h5-13,15,26H,4,14H2,1-3H3. The molecular weight excluding hydrogens is 360 g/mol. The number of hydrogen-bond donors (Lipinski definition) is 1. The van der Waals surface area contributed by atoms with Crippen molar-refractivity contribution in [1.82, 2.24) is 4.90 Å². The normalized spacial score (nSPS) is 14.2. The Kier molecular flexibility index (Phi) is 4.93. The van der Waals surface area contributed by atoms with Gasteiger partial charge in [-0.3, -0.25) is 14.5 Å². The summed E-state index contributed by atoms with van der Waals surface area (Å²) in [6.07, 6.45) is 0.721. The predicted octanol–water partition coefficient (Wildman–Crippen LogP) is 5.06. The van der Waals surface area contributed by atoms with Crippen LogP contribution in [-0.4, -0.2) is 23.3 Å². The number of rotatable bonds is 5. The smallest absolute Gasteiger partial charge is 0.278 e. The zero-order valence-corrected chi connectivity index (χ0v) is 17.0. The maximum absolute atomic E-state index is 13.2. The summed E-state index contributed by atoms with van der Waals surface area (Å²) < 4.78 is 0. The van der Waals surface area contributed by atoms with Gasteiger partial charge in [-0.05, 0) is 48.4 Å². The number of imide groups is 1. The zero-order valence-electron chi connectivity index (χ0n) is 17.0. The molecule has 0 saturated carbocycles. The van der Waals surface area contributed by atoms with Crippen molar-refractivity contribution < 1.29 is 9.59 Å². The summed E-state index contributed by atoms with van der Waals surface area (Å²) in [5.74, 6) is -0.499. The lowest BCUT2D eigenvalue weighted by molar-refractivity contribution is -0.136. The van der Waals surface area contributed by atoms with Crippen molar-refractivity contribution in [3.05, 3.63) is 83.1 Å². The summed E-state index contributed by atoms with van der Waals surface area (Å²) in [5.41, 5.74) is 4.63. The van der Waals surface area contributed by atoms with Crippen LogP contribution in [0.15, 0.2) is 66.4 Å². The highest BCUT2D eigenvalue weighted by Gasteiger charge is 2.38. The Balaban J connectivity index is 1.86. The van der Waals surface area contributed by atoms with Crippen molar-refractivity contribution in [3.8, 4) is 0 Å². The SMILES string of the molecule is CCCN1C(=O)C(Nc2cccc3ccccc23)=C(c2ccc(C)c(C)c2)C1=O. The first-order chi connectivity index (χ1) is 14.0. The lowest BCUT2D eigenvalue weighted by Gasteiger charge is -2.14. The van der Waals surface area contributed by atoms with E-state index < -0.39 is 0 Å². The molecule has 0 atom stereocenters. The minimum Gasteiger partial charge on any atom is -0.350 e. The van der Waals surface area contributed by atoms with Gasteiger partial charge < -0.3 is 5.32 Å². The van der Waals surface area contributed by atoms with E-state index in [0.29, 0.717) is 17.8 Å². The van der Waals surface area contributed by atoms with Crippen molar-refractivity contribution in [2.24, 2.45) is 0 Å². The molecule has 2 amide bonds. The van der Waals surface area contributed by atoms with Crippen LogP contribution in [0.5, 0.6) is 0 Å². The van der Waals surface area contributed by atoms with Crippen LogP contribution in [0.25, 0.3) is 16.3 Å². The quantitative estimate of drug-likeness (QED) is 0.626. The molecule has 0 aromatic heterocycles. The number of benzene rings is 3. The van der Waals surface area contributed by atoms with Crippen LogP contribution in [0.1, 0.15) is 30.0 Å². The second-order valence-electron chi connectivity index (χ2n) is 7.46. The molecule has 29 heavy (non-hydrogen) atoms. The average molecular weight is 384 g/mol. The van der Waals surface area contributed by atoms with Crippen LogP contribution in [0.3, 0.4) is 0 Å². The van der Waals surface area contributed by atoms with Crippen LogP contribution in [0.4, 0.5) is 5.69 Å². The number of carbonyl (C=O) groups excluding carboxylic acids is 2. The number of carbonyl (C=O) groups is 2. The lowest BCUT2D eigenvalue weighted by Crippen LogP contribution is -2.33. The van der Waals surface area contributed by atoms with Crippen molar-refractivity contribution in [2.75, 3.05) is 11.9 Å². The van der Waals surface area contributed by atoms with Gasteiger partial charge in [0, 0.05) is 17.6 Å². The third-order valence-corrected chi connectivity index (χ3v) is 5.46. The molecule has 0 unspecified atom stereocenters. The highest BCUT2D eigenvalue weighted by Crippen LogP contribution is 2.33. The van der Waals surface area contributed by atoms with Gasteiger partial charge in [0.15, 0.2) is 0 Å². The molecule has 3 aromatic carbocycles. The fourth-order valence-electron chi connectivity index (χ4n) is 3.75. The van der Waals surface area contributed by atoms with Crippen molar-refractivity contribution in [2.45, 2.75) is 27.2 Å². The molecule has 0 radical (unpaired) electrons. The largest absolute Gasteiger partial charge is 0.350 e. The van der Waals surface area contributed by atoms with Crippen molar-refractivity contribution in [1.29, 1.82) is 0 Å². The van der Waals surface area contributed by atoms with Crippen LogP contribution < -0.4 is 5.32 Å². The van der Waals surface area contributed by atoms with Crippen LogP contribution in [-0.2, 0) is 9.59 Å². The van der Waals surface area contributed by atoms with E-state index in [4.69, 9.17) is 0 Å². The van der Waals surface area contributed by atoms with Gasteiger partial charge in [0.25, 0.3) is 11.8 Å². The molecular formula is C25H24N2O2. The third kappa shape index (κ3) is 3.31. The van der Waals surface area contributed by atoms with E-state index in [0.717, 1.165) is 39.6 Å². The van der Waals surface area contributed by atoms with E-state index in [1.807, 2.05) is 81.4 Å². The van der Waals surface area contributed by atoms with Gasteiger partial charge in [-0.2, -0.15) is 0 Å². The van der Waals surface area contributed by atoms with E-state index in [2.05, 4.69) is 5.32 Å². The molecule has 146 valence electrons. The molecule has 0 bridgehead atoms. The summed E-state index contributed by atoms with van der Waals surface area (Å²) in [7, 11) is 0. The summed E-state index contributed by atoms with van der Waals surface area (Å²) in [6, 6.07) is 19.8. The van der Waals surface area contributed by atoms with Gasteiger partial charge >= 0.3 is 0 Å². The highest BCUT2D eigenvalue weighted by atomic mass is 16.2. The van der Waals surface area contributed by atoms with E-state index in [1.54, 1.807) is 0 Å². The molecule has 0 spiro atoms. The monoisotopic (exact) mass is 384 g/mol. The fraction of sp³-hybridized carbons (Fsp3) is 0.200. The molecule has 1 heterocycles. The van der Waals surface area contributed by atoms with E-state index in [-0.39, 0.29) is 11.8 Å². The Bertz CT molecular complexity index is 1160. The maximum Gasteiger partial charge on any atom is 0.278 e. The Labute approximate surface area is 170 Å². The molecule has 1 aliphatic rings. The summed E-state index contributed by atoms with van der Waals surface area (Å²) in [6.45, 7) is 6.43. The number of aryl methyl sites for hydroxylation is 2. The molecule has 1 aliphatic heterocycles. The minimum atomic E-state index is -0.266. The number of hydrogen-bond acceptors (Lipinski definition) is 3. The van der Waals surface area contributed by atoms with Crippen LogP contribution >= 0.6 is 0 Å². The van der Waals surface area contributed by atoms with E-state index >= 15 is 0 Å². The average Bonchev–Trinajstić information content (AvgIpc) is 2.95. The Hall–Kier alpha value is -3.40. The van der Waals surface area contributed by atoms with Crippen molar-refractivity contribution >= 4 is 33.8 Å². The predicted molar refractivity (Wildman–Crippen MR) is 117 cm³/mol. The molecule has 4 heteroatoms. The molecule has 4 nitrogen and oxygen atoms in total. The maximum atomic E-state index is 13.2. The van der Waals surface area contributed by atoms with Crippen molar-refractivity contribution in [3.63, 3.8) is 0 Å². The fourth-order valence-corrected chi connectivity index (χ4v) is 3.75. The summed E-state index contributed by atoms with van der Waals surface area (Å²) in [4.78, 5) is 27.7. The second-order valence-corrected chi connectivity index (χ2v) is 7.46. The van der Waals surface area contributed by atoms with Gasteiger partial charge in [-0.15, -0.1) is 0 Å². The van der Waals surface area contributed by atoms with Gasteiger partial charge in [-0.25, -0.2) is 0 Å². The van der Waals surface area contributed by atoms with Gasteiger partial charge in [0.2, 0.25) is 0 Å². The summed E-state index contributed by atoms with van der Waals surface area (Å²) >= 11 is 0. The number of amides is 2. The molecule has 0 saturated heterocycles. The number of nitrogens with one attached hydrogen (secondary N) is 1. The molecule has 3 aromatic rings. The highest BCUT2D eigenvalue weighted by molar-refractivity contribution is 6.36. The molecule has 0 fully saturated rings. The van der Waals surface area contributed by atoms with Gasteiger partial charge in [0.05, 0.1) is 5.57 Å². The molecule has 4 rings (SSSR count). The Morgan fingerprint density at radius 2 is 1.62 bits per heavy atom.